The molecule has 2 heteroatoms. The number of hydrogen-bond acceptors (Lipinski definition) is 2. The molecule has 68 valence electrons. The highest BCUT2D eigenvalue weighted by Gasteiger charge is 2.16. The summed E-state index contributed by atoms with van der Waals surface area (Å²) in [5.41, 5.74) is 0.685. The zero-order valence-corrected chi connectivity index (χ0v) is 7.22. The summed E-state index contributed by atoms with van der Waals surface area (Å²) in [6, 6.07) is 8.97. The van der Waals surface area contributed by atoms with Crippen LogP contribution in [0.4, 0.5) is 0 Å². The second kappa shape index (κ2) is 4.66. The first-order valence-corrected chi connectivity index (χ1v) is 4.10. The Morgan fingerprint density at radius 1 is 1.23 bits per heavy atom. The minimum atomic E-state index is -0.891. The lowest BCUT2D eigenvalue weighted by molar-refractivity contribution is 0.0219. The van der Waals surface area contributed by atoms with E-state index in [4.69, 9.17) is 6.42 Å². The first kappa shape index (κ1) is 9.79. The zero-order valence-electron chi connectivity index (χ0n) is 7.22. The van der Waals surface area contributed by atoms with Crippen LogP contribution in [-0.4, -0.2) is 16.3 Å². The van der Waals surface area contributed by atoms with Gasteiger partial charge in [-0.3, -0.25) is 0 Å². The summed E-state index contributed by atoms with van der Waals surface area (Å²) in [6.45, 7) is 0. The molecule has 0 aromatic heterocycles. The Morgan fingerprint density at radius 3 is 2.38 bits per heavy atom. The van der Waals surface area contributed by atoms with Crippen molar-refractivity contribution in [1.29, 1.82) is 0 Å². The second-order valence-corrected chi connectivity index (χ2v) is 2.83. The number of hydrogen-bond donors (Lipinski definition) is 2. The van der Waals surface area contributed by atoms with E-state index in [1.165, 1.54) is 0 Å². The van der Waals surface area contributed by atoms with Crippen LogP contribution < -0.4 is 0 Å². The molecule has 1 aromatic rings. The summed E-state index contributed by atoms with van der Waals surface area (Å²) < 4.78 is 0. The number of aliphatic hydroxyl groups excluding tert-OH is 2. The van der Waals surface area contributed by atoms with Crippen LogP contribution in [0.15, 0.2) is 30.3 Å². The van der Waals surface area contributed by atoms with Gasteiger partial charge < -0.3 is 10.2 Å². The summed E-state index contributed by atoms with van der Waals surface area (Å²) in [4.78, 5) is 0. The van der Waals surface area contributed by atoms with Crippen molar-refractivity contribution in [2.24, 2.45) is 0 Å². The highest BCUT2D eigenvalue weighted by atomic mass is 16.3. The molecule has 0 aliphatic rings. The number of terminal acetylenes is 1. The molecule has 2 N–H and O–H groups in total. The molecule has 0 saturated carbocycles. The molecule has 0 bridgehead atoms. The van der Waals surface area contributed by atoms with Gasteiger partial charge in [0.25, 0.3) is 0 Å². The standard InChI is InChI=1S/C11H12O2/c1-2-6-10(12)11(13)9-7-4-3-5-8-9/h1,3-5,7-8,10-13H,6H2. The van der Waals surface area contributed by atoms with Crippen LogP contribution in [0.1, 0.15) is 18.1 Å². The van der Waals surface area contributed by atoms with Crippen molar-refractivity contribution < 1.29 is 10.2 Å². The van der Waals surface area contributed by atoms with E-state index in [1.54, 1.807) is 24.3 Å². The second-order valence-electron chi connectivity index (χ2n) is 2.83. The van der Waals surface area contributed by atoms with Crippen molar-refractivity contribution >= 4 is 0 Å². The summed E-state index contributed by atoms with van der Waals surface area (Å²) in [5, 5.41) is 19.0. The molecule has 0 saturated heterocycles. The molecule has 2 unspecified atom stereocenters. The fraction of sp³-hybridized carbons (Fsp3) is 0.273. The first-order valence-electron chi connectivity index (χ1n) is 4.10. The highest BCUT2D eigenvalue weighted by Crippen LogP contribution is 2.17. The van der Waals surface area contributed by atoms with Crippen molar-refractivity contribution in [3.63, 3.8) is 0 Å². The molecule has 1 rings (SSSR count). The van der Waals surface area contributed by atoms with Crippen molar-refractivity contribution in [1.82, 2.24) is 0 Å². The predicted molar refractivity (Wildman–Crippen MR) is 50.9 cm³/mol. The highest BCUT2D eigenvalue weighted by molar-refractivity contribution is 5.18. The van der Waals surface area contributed by atoms with Crippen molar-refractivity contribution in [3.05, 3.63) is 35.9 Å². The van der Waals surface area contributed by atoms with E-state index in [0.717, 1.165) is 0 Å². The number of rotatable bonds is 3. The molecular formula is C11H12O2. The predicted octanol–water partition coefficient (Wildman–Crippen LogP) is 1.10. The summed E-state index contributed by atoms with van der Waals surface area (Å²) in [5.74, 6) is 2.31. The van der Waals surface area contributed by atoms with Gasteiger partial charge in [-0.15, -0.1) is 12.3 Å². The molecule has 0 aliphatic carbocycles. The van der Waals surface area contributed by atoms with Gasteiger partial charge in [0.2, 0.25) is 0 Å². The Kier molecular flexibility index (Phi) is 3.51. The quantitative estimate of drug-likeness (QED) is 0.677. The van der Waals surface area contributed by atoms with Crippen LogP contribution in [0, 0.1) is 12.3 Å². The van der Waals surface area contributed by atoms with Gasteiger partial charge in [0.1, 0.15) is 6.10 Å². The van der Waals surface area contributed by atoms with Crippen molar-refractivity contribution in [2.45, 2.75) is 18.6 Å². The van der Waals surface area contributed by atoms with Crippen LogP contribution >= 0.6 is 0 Å². The lowest BCUT2D eigenvalue weighted by Crippen LogP contribution is -2.17. The van der Waals surface area contributed by atoms with Crippen LogP contribution in [0.2, 0.25) is 0 Å². The summed E-state index contributed by atoms with van der Waals surface area (Å²) in [7, 11) is 0. The summed E-state index contributed by atoms with van der Waals surface area (Å²) in [6.07, 6.45) is 3.41. The van der Waals surface area contributed by atoms with E-state index in [0.29, 0.717) is 5.56 Å². The Hall–Kier alpha value is -1.30. The van der Waals surface area contributed by atoms with E-state index in [2.05, 4.69) is 5.92 Å². The van der Waals surface area contributed by atoms with Crippen molar-refractivity contribution in [2.75, 3.05) is 0 Å². The Bertz CT molecular complexity index is 287. The molecule has 0 amide bonds. The Morgan fingerprint density at radius 2 is 1.85 bits per heavy atom. The van der Waals surface area contributed by atoms with Gasteiger partial charge in [0.05, 0.1) is 6.10 Å². The van der Waals surface area contributed by atoms with Crippen molar-refractivity contribution in [3.8, 4) is 12.3 Å². The lowest BCUT2D eigenvalue weighted by Gasteiger charge is -2.15. The van der Waals surface area contributed by atoms with Gasteiger partial charge in [0, 0.05) is 6.42 Å². The van der Waals surface area contributed by atoms with Gasteiger partial charge in [-0.05, 0) is 5.56 Å². The summed E-state index contributed by atoms with van der Waals surface area (Å²) >= 11 is 0. The SMILES string of the molecule is C#CCC(O)C(O)c1ccccc1. The smallest absolute Gasteiger partial charge is 0.106 e. The minimum absolute atomic E-state index is 0.163. The van der Waals surface area contributed by atoms with Gasteiger partial charge >= 0.3 is 0 Å². The third-order valence-corrected chi connectivity index (χ3v) is 1.83. The van der Waals surface area contributed by atoms with Crippen LogP contribution in [0.3, 0.4) is 0 Å². The van der Waals surface area contributed by atoms with E-state index in [-0.39, 0.29) is 6.42 Å². The van der Waals surface area contributed by atoms with Gasteiger partial charge in [-0.25, -0.2) is 0 Å². The maximum Gasteiger partial charge on any atom is 0.106 e. The maximum absolute atomic E-state index is 9.57. The van der Waals surface area contributed by atoms with Crippen LogP contribution in [0.25, 0.3) is 0 Å². The topological polar surface area (TPSA) is 40.5 Å². The molecule has 13 heavy (non-hydrogen) atoms. The average molecular weight is 176 g/mol. The maximum atomic E-state index is 9.57. The largest absolute Gasteiger partial charge is 0.389 e. The van der Waals surface area contributed by atoms with E-state index in [1.807, 2.05) is 6.07 Å². The van der Waals surface area contributed by atoms with Gasteiger partial charge in [-0.2, -0.15) is 0 Å². The third kappa shape index (κ3) is 2.59. The molecule has 0 spiro atoms. The lowest BCUT2D eigenvalue weighted by atomic mass is 10.0. The van der Waals surface area contributed by atoms with E-state index in [9.17, 15) is 10.2 Å². The van der Waals surface area contributed by atoms with Gasteiger partial charge in [0.15, 0.2) is 0 Å². The van der Waals surface area contributed by atoms with Crippen LogP contribution in [0.5, 0.6) is 0 Å². The monoisotopic (exact) mass is 176 g/mol. The number of aliphatic hydroxyl groups is 2. The Balaban J connectivity index is 2.69. The molecular weight excluding hydrogens is 164 g/mol. The Labute approximate surface area is 77.8 Å². The number of benzene rings is 1. The molecule has 0 aliphatic heterocycles. The molecule has 2 atom stereocenters. The molecule has 0 fully saturated rings. The zero-order chi connectivity index (χ0) is 9.68. The van der Waals surface area contributed by atoms with Crippen LogP contribution in [-0.2, 0) is 0 Å². The fourth-order valence-corrected chi connectivity index (χ4v) is 1.10. The molecule has 0 radical (unpaired) electrons. The fourth-order valence-electron chi connectivity index (χ4n) is 1.10. The van der Waals surface area contributed by atoms with Gasteiger partial charge in [-0.1, -0.05) is 30.3 Å². The minimum Gasteiger partial charge on any atom is -0.389 e. The molecule has 1 aromatic carbocycles. The third-order valence-electron chi connectivity index (χ3n) is 1.83. The van der Waals surface area contributed by atoms with E-state index >= 15 is 0 Å². The molecule has 2 nitrogen and oxygen atoms in total. The average Bonchev–Trinajstić information content (AvgIpc) is 2.18. The van der Waals surface area contributed by atoms with E-state index < -0.39 is 12.2 Å². The molecule has 0 heterocycles. The normalized spacial score (nSPS) is 14.5. The first-order chi connectivity index (χ1) is 6.25.